The van der Waals surface area contributed by atoms with Crippen LogP contribution in [-0.4, -0.2) is 16.7 Å². The van der Waals surface area contributed by atoms with Crippen molar-refractivity contribution in [2.75, 3.05) is 7.11 Å². The van der Waals surface area contributed by atoms with Crippen LogP contribution in [0.15, 0.2) is 36.4 Å². The second kappa shape index (κ2) is 5.12. The van der Waals surface area contributed by atoms with E-state index in [-0.39, 0.29) is 0 Å². The summed E-state index contributed by atoms with van der Waals surface area (Å²) in [7, 11) is 3.54. The van der Waals surface area contributed by atoms with E-state index in [1.807, 2.05) is 23.7 Å². The number of nitrogens with zero attached hydrogens (tertiary/aromatic N) is 3. The van der Waals surface area contributed by atoms with Gasteiger partial charge in [-0.15, -0.1) is 0 Å². The quantitative estimate of drug-likeness (QED) is 0.723. The first-order chi connectivity index (χ1) is 10.1. The molecule has 0 bridgehead atoms. The van der Waals surface area contributed by atoms with Crippen LogP contribution in [0.2, 0.25) is 5.02 Å². The Balaban J connectivity index is 2.26. The van der Waals surface area contributed by atoms with E-state index in [1.54, 1.807) is 31.4 Å². The van der Waals surface area contributed by atoms with Crippen LogP contribution in [0.3, 0.4) is 0 Å². The van der Waals surface area contributed by atoms with Crippen LogP contribution < -0.4 is 4.74 Å². The van der Waals surface area contributed by atoms with Crippen molar-refractivity contribution in [1.82, 2.24) is 9.55 Å². The van der Waals surface area contributed by atoms with Crippen molar-refractivity contribution in [3.05, 3.63) is 47.0 Å². The molecule has 3 aromatic rings. The molecule has 0 saturated heterocycles. The summed E-state index contributed by atoms with van der Waals surface area (Å²) in [6.07, 6.45) is 0. The van der Waals surface area contributed by atoms with Gasteiger partial charge in [0.1, 0.15) is 11.6 Å². The Bertz CT molecular complexity index is 877. The zero-order valence-corrected chi connectivity index (χ0v) is 12.3. The van der Waals surface area contributed by atoms with E-state index in [0.29, 0.717) is 16.3 Å². The lowest BCUT2D eigenvalue weighted by Crippen LogP contribution is -1.95. The number of benzene rings is 2. The monoisotopic (exact) mass is 297 g/mol. The fourth-order valence-corrected chi connectivity index (χ4v) is 2.52. The SMILES string of the molecule is COc1cc(Cl)ccc1-c1nc2cc(C#N)ccc2n1C. The minimum atomic E-state index is 0.593. The number of rotatable bonds is 2. The molecule has 1 heterocycles. The highest BCUT2D eigenvalue weighted by Gasteiger charge is 2.14. The molecular formula is C16H12ClN3O. The Labute approximate surface area is 127 Å². The van der Waals surface area contributed by atoms with E-state index in [0.717, 1.165) is 22.4 Å². The van der Waals surface area contributed by atoms with Crippen LogP contribution in [0.4, 0.5) is 0 Å². The van der Waals surface area contributed by atoms with Crippen molar-refractivity contribution < 1.29 is 4.74 Å². The van der Waals surface area contributed by atoms with Gasteiger partial charge in [0.05, 0.1) is 35.3 Å². The molecule has 0 aliphatic rings. The predicted molar refractivity (Wildman–Crippen MR) is 82.4 cm³/mol. The van der Waals surface area contributed by atoms with E-state index < -0.39 is 0 Å². The number of methoxy groups -OCH3 is 1. The molecule has 0 amide bonds. The Morgan fingerprint density at radius 3 is 2.76 bits per heavy atom. The van der Waals surface area contributed by atoms with Gasteiger partial charge in [0.2, 0.25) is 0 Å². The Kier molecular flexibility index (Phi) is 3.28. The lowest BCUT2D eigenvalue weighted by atomic mass is 10.2. The summed E-state index contributed by atoms with van der Waals surface area (Å²) < 4.78 is 7.36. The third-order valence-electron chi connectivity index (χ3n) is 3.41. The number of hydrogen-bond donors (Lipinski definition) is 0. The van der Waals surface area contributed by atoms with E-state index in [4.69, 9.17) is 21.6 Å². The molecule has 4 nitrogen and oxygen atoms in total. The van der Waals surface area contributed by atoms with Gasteiger partial charge >= 0.3 is 0 Å². The first-order valence-corrected chi connectivity index (χ1v) is 6.72. The fourth-order valence-electron chi connectivity index (χ4n) is 2.36. The number of halogens is 1. The van der Waals surface area contributed by atoms with Crippen molar-refractivity contribution in [3.63, 3.8) is 0 Å². The normalized spacial score (nSPS) is 10.6. The van der Waals surface area contributed by atoms with Crippen molar-refractivity contribution >= 4 is 22.6 Å². The number of aryl methyl sites for hydroxylation is 1. The molecule has 0 atom stereocenters. The van der Waals surface area contributed by atoms with Gasteiger partial charge in [-0.1, -0.05) is 11.6 Å². The summed E-state index contributed by atoms with van der Waals surface area (Å²) in [6.45, 7) is 0. The summed E-state index contributed by atoms with van der Waals surface area (Å²) in [6, 6.07) is 13.0. The van der Waals surface area contributed by atoms with Crippen LogP contribution in [0, 0.1) is 11.3 Å². The number of nitriles is 1. The van der Waals surface area contributed by atoms with Gasteiger partial charge in [0, 0.05) is 12.1 Å². The lowest BCUT2D eigenvalue weighted by Gasteiger charge is -2.08. The second-order valence-electron chi connectivity index (χ2n) is 4.65. The van der Waals surface area contributed by atoms with E-state index in [9.17, 15) is 0 Å². The van der Waals surface area contributed by atoms with E-state index in [2.05, 4.69) is 11.1 Å². The molecule has 0 radical (unpaired) electrons. The third kappa shape index (κ3) is 2.22. The third-order valence-corrected chi connectivity index (χ3v) is 3.65. The number of imidazole rings is 1. The molecule has 5 heteroatoms. The Morgan fingerprint density at radius 2 is 2.05 bits per heavy atom. The van der Waals surface area contributed by atoms with Crippen LogP contribution in [0.5, 0.6) is 5.75 Å². The summed E-state index contributed by atoms with van der Waals surface area (Å²) >= 11 is 6.00. The van der Waals surface area contributed by atoms with Gasteiger partial charge in [-0.3, -0.25) is 0 Å². The first kappa shape index (κ1) is 13.5. The number of ether oxygens (including phenoxy) is 1. The molecule has 2 aromatic carbocycles. The molecule has 0 aliphatic carbocycles. The number of fused-ring (bicyclic) bond motifs is 1. The van der Waals surface area contributed by atoms with Gasteiger partial charge < -0.3 is 9.30 Å². The largest absolute Gasteiger partial charge is 0.496 e. The van der Waals surface area contributed by atoms with Gasteiger partial charge in [-0.2, -0.15) is 5.26 Å². The number of hydrogen-bond acceptors (Lipinski definition) is 3. The highest BCUT2D eigenvalue weighted by atomic mass is 35.5. The molecule has 0 saturated carbocycles. The molecule has 3 rings (SSSR count). The maximum atomic E-state index is 8.98. The summed E-state index contributed by atoms with van der Waals surface area (Å²) in [5.41, 5.74) is 3.19. The number of aromatic nitrogens is 2. The van der Waals surface area contributed by atoms with Gasteiger partial charge in [0.15, 0.2) is 0 Å². The maximum Gasteiger partial charge on any atom is 0.144 e. The van der Waals surface area contributed by atoms with Crippen LogP contribution in [-0.2, 0) is 7.05 Å². The van der Waals surface area contributed by atoms with Crippen molar-refractivity contribution in [3.8, 4) is 23.2 Å². The molecule has 0 unspecified atom stereocenters. The Hall–Kier alpha value is -2.51. The van der Waals surface area contributed by atoms with E-state index >= 15 is 0 Å². The molecule has 0 fully saturated rings. The molecule has 0 aliphatic heterocycles. The fraction of sp³-hybridized carbons (Fsp3) is 0.125. The molecular weight excluding hydrogens is 286 g/mol. The zero-order chi connectivity index (χ0) is 15.0. The highest BCUT2D eigenvalue weighted by molar-refractivity contribution is 6.30. The molecule has 21 heavy (non-hydrogen) atoms. The smallest absolute Gasteiger partial charge is 0.144 e. The molecule has 104 valence electrons. The predicted octanol–water partition coefficient (Wildman–Crippen LogP) is 3.77. The van der Waals surface area contributed by atoms with Crippen LogP contribution in [0.25, 0.3) is 22.4 Å². The van der Waals surface area contributed by atoms with Crippen LogP contribution >= 0.6 is 11.6 Å². The lowest BCUT2D eigenvalue weighted by molar-refractivity contribution is 0.416. The molecule has 0 N–H and O–H groups in total. The first-order valence-electron chi connectivity index (χ1n) is 6.34. The highest BCUT2D eigenvalue weighted by Crippen LogP contribution is 2.33. The molecule has 0 spiro atoms. The zero-order valence-electron chi connectivity index (χ0n) is 11.6. The standard InChI is InChI=1S/C16H12ClN3O/c1-20-14-6-3-10(9-18)7-13(14)19-16(20)12-5-4-11(17)8-15(12)21-2/h3-8H,1-2H3. The second-order valence-corrected chi connectivity index (χ2v) is 5.09. The summed E-state index contributed by atoms with van der Waals surface area (Å²) in [5, 5.41) is 9.60. The minimum Gasteiger partial charge on any atom is -0.496 e. The van der Waals surface area contributed by atoms with Crippen molar-refractivity contribution in [2.24, 2.45) is 7.05 Å². The minimum absolute atomic E-state index is 0.593. The Morgan fingerprint density at radius 1 is 1.24 bits per heavy atom. The summed E-state index contributed by atoms with van der Waals surface area (Å²) in [5.74, 6) is 1.44. The average molecular weight is 298 g/mol. The van der Waals surface area contributed by atoms with Crippen LogP contribution in [0.1, 0.15) is 5.56 Å². The van der Waals surface area contributed by atoms with Crippen molar-refractivity contribution in [1.29, 1.82) is 5.26 Å². The van der Waals surface area contributed by atoms with E-state index in [1.165, 1.54) is 0 Å². The van der Waals surface area contributed by atoms with Gasteiger partial charge in [-0.05, 0) is 36.4 Å². The molecule has 1 aromatic heterocycles. The topological polar surface area (TPSA) is 50.8 Å². The average Bonchev–Trinajstić information content (AvgIpc) is 2.83. The maximum absolute atomic E-state index is 8.98. The van der Waals surface area contributed by atoms with Crippen molar-refractivity contribution in [2.45, 2.75) is 0 Å². The summed E-state index contributed by atoms with van der Waals surface area (Å²) in [4.78, 5) is 4.62. The van der Waals surface area contributed by atoms with Gasteiger partial charge in [-0.25, -0.2) is 4.98 Å². The van der Waals surface area contributed by atoms with Gasteiger partial charge in [0.25, 0.3) is 0 Å².